The van der Waals surface area contributed by atoms with Crippen LogP contribution in [0.1, 0.15) is 81.6 Å². The molecule has 3 heterocycles. The van der Waals surface area contributed by atoms with E-state index in [1.807, 2.05) is 25.9 Å². The molecule has 3 rings (SSSR count). The molecule has 2 unspecified atom stereocenters. The van der Waals surface area contributed by atoms with Crippen molar-refractivity contribution in [2.75, 3.05) is 21.2 Å². The Bertz CT molecular complexity index is 1410. The van der Waals surface area contributed by atoms with Crippen molar-refractivity contribution < 1.29 is 52.4 Å². The Morgan fingerprint density at radius 1 is 1.12 bits per heavy atom. The summed E-state index contributed by atoms with van der Waals surface area (Å²) >= 11 is 0. The maximum absolute atomic E-state index is 14.2. The van der Waals surface area contributed by atoms with Gasteiger partial charge >= 0.3 is 18.0 Å². The molecule has 0 amide bonds. The normalized spacial score (nSPS) is 36.3. The van der Waals surface area contributed by atoms with Crippen LogP contribution >= 0.6 is 0 Å². The maximum atomic E-state index is 14.2. The summed E-state index contributed by atoms with van der Waals surface area (Å²) in [6.07, 6.45) is 1.25. The first-order chi connectivity index (χ1) is 23.3. The van der Waals surface area contributed by atoms with E-state index >= 15 is 0 Å². The van der Waals surface area contributed by atoms with Crippen molar-refractivity contribution in [3.63, 3.8) is 0 Å². The number of ether oxygens (including phenoxy) is 6. The highest BCUT2D eigenvalue weighted by Crippen LogP contribution is 2.38. The van der Waals surface area contributed by atoms with Crippen LogP contribution < -0.4 is 0 Å². The zero-order valence-electron chi connectivity index (χ0n) is 31.5. The third-order valence-electron chi connectivity index (χ3n) is 9.93. The summed E-state index contributed by atoms with van der Waals surface area (Å²) in [5, 5.41) is 0. The molecule has 1 fully saturated rings. The van der Waals surface area contributed by atoms with Gasteiger partial charge in [0, 0.05) is 38.3 Å². The molecule has 1 aromatic heterocycles. The summed E-state index contributed by atoms with van der Waals surface area (Å²) < 4.78 is 37.7. The minimum atomic E-state index is -1.59. The summed E-state index contributed by atoms with van der Waals surface area (Å²) in [6.45, 7) is 14.6. The second kappa shape index (κ2) is 16.7. The van der Waals surface area contributed by atoms with Gasteiger partial charge in [-0.1, -0.05) is 20.8 Å². The third kappa shape index (κ3) is 9.25. The molecule has 14 heteroatoms. The van der Waals surface area contributed by atoms with Crippen LogP contribution in [0.5, 0.6) is 0 Å². The van der Waals surface area contributed by atoms with Crippen LogP contribution in [0.2, 0.25) is 0 Å². The summed E-state index contributed by atoms with van der Waals surface area (Å²) in [6, 6.07) is -0.267. The van der Waals surface area contributed by atoms with E-state index in [0.717, 1.165) is 4.57 Å². The molecule has 0 N–H and O–H groups in total. The van der Waals surface area contributed by atoms with Crippen LogP contribution in [0, 0.1) is 17.8 Å². The molecule has 14 nitrogen and oxygen atoms in total. The van der Waals surface area contributed by atoms with Crippen LogP contribution in [0.3, 0.4) is 0 Å². The lowest BCUT2D eigenvalue weighted by molar-refractivity contribution is -0.297. The minimum absolute atomic E-state index is 0.0922. The smallest absolute Gasteiger partial charge is 0.420 e. The molecule has 0 radical (unpaired) electrons. The number of methoxy groups -OCH3 is 1. The van der Waals surface area contributed by atoms with Crippen molar-refractivity contribution in [1.82, 2.24) is 14.5 Å². The number of esters is 2. The molecule has 50 heavy (non-hydrogen) atoms. The Morgan fingerprint density at radius 2 is 1.78 bits per heavy atom. The topological polar surface area (TPSA) is 162 Å². The quantitative estimate of drug-likeness (QED) is 0.226. The molecule has 2 aliphatic heterocycles. The van der Waals surface area contributed by atoms with Crippen molar-refractivity contribution in [2.24, 2.45) is 17.8 Å². The first-order valence-corrected chi connectivity index (χ1v) is 17.2. The summed E-state index contributed by atoms with van der Waals surface area (Å²) in [5.41, 5.74) is -2.62. The van der Waals surface area contributed by atoms with Gasteiger partial charge in [0.1, 0.15) is 18.3 Å². The highest BCUT2D eigenvalue weighted by atomic mass is 16.7. The number of hydrogen-bond donors (Lipinski definition) is 0. The SMILES string of the molecule is CC[C@H]1OC(=O)[C@H](C)C(=O)C(C)[C@@H](O[C@@H]2O[C@H](C)C[C@H](N(C)C)C2OC(C)=O)[C@](C)(OC)C[C@@H](C)C(=O)C(C)=C[C@]1(C)OC(=O)n1ccnc1. The van der Waals surface area contributed by atoms with E-state index in [1.165, 1.54) is 45.8 Å². The van der Waals surface area contributed by atoms with Gasteiger partial charge in [0.25, 0.3) is 0 Å². The predicted molar refractivity (Wildman–Crippen MR) is 181 cm³/mol. The average molecular weight is 706 g/mol. The van der Waals surface area contributed by atoms with Gasteiger partial charge in [-0.25, -0.2) is 14.3 Å². The fourth-order valence-electron chi connectivity index (χ4n) is 7.10. The Kier molecular flexibility index (Phi) is 13.7. The van der Waals surface area contributed by atoms with Gasteiger partial charge in [-0.2, -0.15) is 0 Å². The zero-order valence-corrected chi connectivity index (χ0v) is 31.5. The summed E-state index contributed by atoms with van der Waals surface area (Å²) in [4.78, 5) is 73.2. The van der Waals surface area contributed by atoms with E-state index in [0.29, 0.717) is 6.42 Å². The number of ketones is 2. The molecule has 11 atom stereocenters. The molecule has 0 bridgehead atoms. The molecule has 280 valence electrons. The molecule has 1 aromatic rings. The number of carbonyl (C=O) groups excluding carboxylic acids is 5. The molecule has 0 saturated carbocycles. The van der Waals surface area contributed by atoms with Crippen LogP contribution in [0.4, 0.5) is 4.79 Å². The fraction of sp³-hybridized carbons (Fsp3) is 0.722. The lowest BCUT2D eigenvalue weighted by Gasteiger charge is -2.47. The highest BCUT2D eigenvalue weighted by molar-refractivity contribution is 6.00. The zero-order chi connectivity index (χ0) is 37.7. The standard InChI is InChI=1S/C36H55N3O11/c1-13-27-35(8,50-34(44)39-15-14-37-19-39)17-20(2)28(41)21(3)18-36(9,45-12)31(23(5)29(42)24(6)32(43)48-27)49-33-30(47-25(7)40)26(38(10)11)16-22(4)46-33/h14-15,17,19,21-24,26-27,30-31,33H,13,16,18H2,1-12H3/t21-,22-,23?,24-,26+,27-,30?,31-,33+,35+,36-/m1/s1. The van der Waals surface area contributed by atoms with Crippen LogP contribution in [-0.2, 0) is 47.6 Å². The lowest BCUT2D eigenvalue weighted by atomic mass is 9.77. The Labute approximate surface area is 295 Å². The second-order valence-corrected chi connectivity index (χ2v) is 14.3. The molecule has 0 spiro atoms. The molecule has 0 aliphatic carbocycles. The van der Waals surface area contributed by atoms with E-state index in [2.05, 4.69) is 4.98 Å². The predicted octanol–water partition coefficient (Wildman–Crippen LogP) is 4.13. The number of imidazole rings is 1. The van der Waals surface area contributed by atoms with Gasteiger partial charge < -0.3 is 33.3 Å². The monoisotopic (exact) mass is 705 g/mol. The van der Waals surface area contributed by atoms with Crippen molar-refractivity contribution in [3.05, 3.63) is 30.4 Å². The second-order valence-electron chi connectivity index (χ2n) is 14.3. The summed E-state index contributed by atoms with van der Waals surface area (Å²) in [7, 11) is 5.20. The molecule has 1 saturated heterocycles. The first kappa shape index (κ1) is 41.0. The number of carbonyl (C=O) groups is 5. The number of allylic oxidation sites excluding steroid dienone is 1. The van der Waals surface area contributed by atoms with E-state index in [4.69, 9.17) is 28.4 Å². The number of likely N-dealkylation sites (N-methyl/N-ethyl adjacent to an activating group) is 1. The maximum Gasteiger partial charge on any atom is 0.420 e. The highest BCUT2D eigenvalue weighted by Gasteiger charge is 2.51. The lowest BCUT2D eigenvalue weighted by Crippen LogP contribution is -2.60. The third-order valence-corrected chi connectivity index (χ3v) is 9.93. The Hall–Kier alpha value is -3.46. The first-order valence-electron chi connectivity index (χ1n) is 17.2. The fourth-order valence-corrected chi connectivity index (χ4v) is 7.10. The van der Waals surface area contributed by atoms with Crippen molar-refractivity contribution >= 4 is 29.6 Å². The van der Waals surface area contributed by atoms with Gasteiger partial charge in [-0.15, -0.1) is 0 Å². The van der Waals surface area contributed by atoms with Crippen molar-refractivity contribution in [2.45, 2.75) is 130 Å². The molecular weight excluding hydrogens is 650 g/mol. The van der Waals surface area contributed by atoms with E-state index in [9.17, 15) is 24.0 Å². The number of aromatic nitrogens is 2. The summed E-state index contributed by atoms with van der Waals surface area (Å²) in [5.74, 6) is -5.09. The van der Waals surface area contributed by atoms with Gasteiger partial charge in [-0.3, -0.25) is 19.2 Å². The van der Waals surface area contributed by atoms with Gasteiger partial charge in [-0.05, 0) is 79.6 Å². The Balaban J connectivity index is 2.14. The molecular formula is C36H55N3O11. The molecule has 2 aliphatic rings. The van der Waals surface area contributed by atoms with Crippen LogP contribution in [0.15, 0.2) is 30.4 Å². The largest absolute Gasteiger partial charge is 0.457 e. The van der Waals surface area contributed by atoms with E-state index < -0.39 is 77.4 Å². The van der Waals surface area contributed by atoms with Gasteiger partial charge in [0.05, 0.1) is 23.9 Å². The van der Waals surface area contributed by atoms with Gasteiger partial charge in [0.2, 0.25) is 0 Å². The van der Waals surface area contributed by atoms with E-state index in [1.54, 1.807) is 41.5 Å². The average Bonchev–Trinajstić information content (AvgIpc) is 3.60. The minimum Gasteiger partial charge on any atom is -0.457 e. The van der Waals surface area contributed by atoms with Crippen LogP contribution in [0.25, 0.3) is 0 Å². The number of nitrogens with zero attached hydrogens (tertiary/aromatic N) is 3. The van der Waals surface area contributed by atoms with E-state index in [-0.39, 0.29) is 36.3 Å². The van der Waals surface area contributed by atoms with Crippen molar-refractivity contribution in [1.29, 1.82) is 0 Å². The van der Waals surface area contributed by atoms with Crippen LogP contribution in [-0.4, -0.2) is 113 Å². The molecule has 0 aromatic carbocycles. The number of hydrogen-bond acceptors (Lipinski definition) is 13. The number of rotatable bonds is 7. The number of cyclic esters (lactones) is 1. The Morgan fingerprint density at radius 3 is 2.32 bits per heavy atom. The van der Waals surface area contributed by atoms with Crippen molar-refractivity contribution in [3.8, 4) is 0 Å². The van der Waals surface area contributed by atoms with Gasteiger partial charge in [0.15, 0.2) is 29.6 Å². The number of Topliss-reactive ketones (excluding diaryl/α,β-unsaturated/α-hetero) is 2.